The van der Waals surface area contributed by atoms with Gasteiger partial charge in [-0.25, -0.2) is 0 Å². The van der Waals surface area contributed by atoms with E-state index in [0.29, 0.717) is 24.9 Å². The van der Waals surface area contributed by atoms with Gasteiger partial charge in [-0.15, -0.1) is 0 Å². The first-order chi connectivity index (χ1) is 17.0. The standard InChI is InChI=1S/C28H41N3O6/c1-26(2,3)37-21(33)15-27(4,5)16-28(6,7)17-30-19-12-9-11-18-22(19)25(36)31(24(18)35)20(13-10-14-32)23(34)29-8/h9,11-12,14,20,30H,10,13,15-17H2,1-8H3,(H,29,34). The summed E-state index contributed by atoms with van der Waals surface area (Å²) in [4.78, 5) is 63.2. The lowest BCUT2D eigenvalue weighted by Crippen LogP contribution is -2.48. The number of hydrogen-bond donors (Lipinski definition) is 2. The molecule has 0 aromatic heterocycles. The van der Waals surface area contributed by atoms with Crippen molar-refractivity contribution in [2.45, 2.75) is 85.8 Å². The predicted octanol–water partition coefficient (Wildman–Crippen LogP) is 3.96. The molecule has 1 heterocycles. The molecule has 1 aromatic carbocycles. The number of amides is 3. The summed E-state index contributed by atoms with van der Waals surface area (Å²) in [5.74, 6) is -1.86. The van der Waals surface area contributed by atoms with E-state index in [1.807, 2.05) is 34.6 Å². The highest BCUT2D eigenvalue weighted by atomic mass is 16.6. The third kappa shape index (κ3) is 7.87. The van der Waals surface area contributed by atoms with Crippen molar-refractivity contribution in [2.75, 3.05) is 18.9 Å². The summed E-state index contributed by atoms with van der Waals surface area (Å²) in [5, 5.41) is 5.80. The van der Waals surface area contributed by atoms with Gasteiger partial charge in [0.25, 0.3) is 11.8 Å². The van der Waals surface area contributed by atoms with Gasteiger partial charge in [0.2, 0.25) is 5.91 Å². The normalized spacial score (nSPS) is 14.8. The lowest BCUT2D eigenvalue weighted by molar-refractivity contribution is -0.157. The topological polar surface area (TPSA) is 122 Å². The number of anilines is 1. The van der Waals surface area contributed by atoms with E-state index >= 15 is 0 Å². The van der Waals surface area contributed by atoms with Crippen LogP contribution in [0.2, 0.25) is 0 Å². The average Bonchev–Trinajstić information content (AvgIpc) is 3.00. The zero-order chi connectivity index (χ0) is 28.2. The van der Waals surface area contributed by atoms with Crippen molar-refractivity contribution < 1.29 is 28.7 Å². The molecule has 1 unspecified atom stereocenters. The Balaban J connectivity index is 2.19. The van der Waals surface area contributed by atoms with Gasteiger partial charge in [0.1, 0.15) is 17.9 Å². The number of nitrogens with one attached hydrogen (secondary N) is 2. The van der Waals surface area contributed by atoms with Gasteiger partial charge in [0, 0.05) is 25.7 Å². The van der Waals surface area contributed by atoms with Crippen molar-refractivity contribution in [3.8, 4) is 0 Å². The van der Waals surface area contributed by atoms with Gasteiger partial charge in [0.15, 0.2) is 0 Å². The number of hydrogen-bond acceptors (Lipinski definition) is 7. The summed E-state index contributed by atoms with van der Waals surface area (Å²) < 4.78 is 5.49. The molecule has 37 heavy (non-hydrogen) atoms. The number of carbonyl (C=O) groups excluding carboxylic acids is 5. The Morgan fingerprint density at radius 3 is 2.24 bits per heavy atom. The molecule has 0 spiro atoms. The molecule has 9 nitrogen and oxygen atoms in total. The minimum atomic E-state index is -1.07. The molecule has 0 radical (unpaired) electrons. The van der Waals surface area contributed by atoms with Crippen molar-refractivity contribution in [1.82, 2.24) is 10.2 Å². The van der Waals surface area contributed by atoms with Crippen LogP contribution in [0.1, 0.15) is 94.9 Å². The third-order valence-electron chi connectivity index (χ3n) is 6.12. The van der Waals surface area contributed by atoms with E-state index in [1.165, 1.54) is 7.05 Å². The Morgan fingerprint density at radius 1 is 1.03 bits per heavy atom. The van der Waals surface area contributed by atoms with Gasteiger partial charge in [0.05, 0.1) is 17.5 Å². The molecule has 1 aliphatic heterocycles. The Hall–Kier alpha value is -3.23. The highest BCUT2D eigenvalue weighted by Crippen LogP contribution is 2.38. The molecular formula is C28H41N3O6. The van der Waals surface area contributed by atoms with Crippen LogP contribution in [0.15, 0.2) is 18.2 Å². The molecule has 0 saturated carbocycles. The molecule has 3 amide bonds. The maximum Gasteiger partial charge on any atom is 0.306 e. The first-order valence-electron chi connectivity index (χ1n) is 12.6. The molecule has 0 bridgehead atoms. The van der Waals surface area contributed by atoms with E-state index in [4.69, 9.17) is 4.74 Å². The SMILES string of the molecule is CNC(=O)C(CCC=O)N1C(=O)c2cccc(NCC(C)(C)CC(C)(C)CC(=O)OC(C)(C)C)c2C1=O. The lowest BCUT2D eigenvalue weighted by Gasteiger charge is -2.35. The van der Waals surface area contributed by atoms with Gasteiger partial charge < -0.3 is 20.2 Å². The zero-order valence-corrected chi connectivity index (χ0v) is 23.3. The number of carbonyl (C=O) groups is 5. The molecule has 2 N–H and O–H groups in total. The average molecular weight is 516 g/mol. The fourth-order valence-corrected chi connectivity index (χ4v) is 5.03. The maximum atomic E-state index is 13.4. The minimum absolute atomic E-state index is 0.0455. The number of esters is 1. The van der Waals surface area contributed by atoms with Crippen LogP contribution in [0.25, 0.3) is 0 Å². The second kappa shape index (κ2) is 11.4. The highest BCUT2D eigenvalue weighted by molar-refractivity contribution is 6.25. The summed E-state index contributed by atoms with van der Waals surface area (Å²) >= 11 is 0. The van der Waals surface area contributed by atoms with Crippen molar-refractivity contribution in [3.05, 3.63) is 29.3 Å². The van der Waals surface area contributed by atoms with E-state index in [9.17, 15) is 24.0 Å². The molecular weight excluding hydrogens is 474 g/mol. The third-order valence-corrected chi connectivity index (χ3v) is 6.12. The zero-order valence-electron chi connectivity index (χ0n) is 23.3. The van der Waals surface area contributed by atoms with Gasteiger partial charge >= 0.3 is 5.97 Å². The Morgan fingerprint density at radius 2 is 1.68 bits per heavy atom. The number of imide groups is 1. The van der Waals surface area contributed by atoms with E-state index < -0.39 is 29.4 Å². The van der Waals surface area contributed by atoms with Crippen LogP contribution in [0.4, 0.5) is 5.69 Å². The Labute approximate surface area is 219 Å². The number of ether oxygens (including phenoxy) is 1. The monoisotopic (exact) mass is 515 g/mol. The molecule has 0 saturated heterocycles. The minimum Gasteiger partial charge on any atom is -0.460 e. The number of likely N-dealkylation sites (N-methyl/N-ethyl adjacent to an activating group) is 1. The number of aldehydes is 1. The number of rotatable bonds is 12. The van der Waals surface area contributed by atoms with E-state index in [1.54, 1.807) is 18.2 Å². The summed E-state index contributed by atoms with van der Waals surface area (Å²) in [6.07, 6.45) is 1.73. The number of fused-ring (bicyclic) bond motifs is 1. The molecule has 2 rings (SSSR count). The second-order valence-electron chi connectivity index (χ2n) is 12.2. The largest absolute Gasteiger partial charge is 0.460 e. The lowest BCUT2D eigenvalue weighted by atomic mass is 9.73. The van der Waals surface area contributed by atoms with Crippen LogP contribution in [0.3, 0.4) is 0 Å². The van der Waals surface area contributed by atoms with Crippen LogP contribution in [-0.4, -0.2) is 60.1 Å². The fourth-order valence-electron chi connectivity index (χ4n) is 5.03. The van der Waals surface area contributed by atoms with Gasteiger partial charge in [-0.2, -0.15) is 0 Å². The van der Waals surface area contributed by atoms with E-state index in [-0.39, 0.29) is 47.2 Å². The smallest absolute Gasteiger partial charge is 0.306 e. The van der Waals surface area contributed by atoms with E-state index in [2.05, 4.69) is 24.5 Å². The highest BCUT2D eigenvalue weighted by Gasteiger charge is 2.44. The molecule has 1 aromatic rings. The molecule has 9 heteroatoms. The van der Waals surface area contributed by atoms with Crippen LogP contribution in [-0.2, 0) is 19.1 Å². The van der Waals surface area contributed by atoms with Gasteiger partial charge in [-0.05, 0) is 56.6 Å². The van der Waals surface area contributed by atoms with Crippen molar-refractivity contribution in [1.29, 1.82) is 0 Å². The van der Waals surface area contributed by atoms with E-state index in [0.717, 1.165) is 4.90 Å². The van der Waals surface area contributed by atoms with Crippen LogP contribution >= 0.6 is 0 Å². The molecule has 0 fully saturated rings. The van der Waals surface area contributed by atoms with Crippen LogP contribution in [0, 0.1) is 10.8 Å². The van der Waals surface area contributed by atoms with Crippen molar-refractivity contribution in [3.63, 3.8) is 0 Å². The van der Waals surface area contributed by atoms with Crippen LogP contribution < -0.4 is 10.6 Å². The summed E-state index contributed by atoms with van der Waals surface area (Å²) in [7, 11) is 1.42. The molecule has 0 aliphatic carbocycles. The summed E-state index contributed by atoms with van der Waals surface area (Å²) in [6.45, 7) is 14.2. The number of nitrogens with zero attached hydrogens (tertiary/aromatic N) is 1. The predicted molar refractivity (Wildman–Crippen MR) is 141 cm³/mol. The maximum absolute atomic E-state index is 13.4. The van der Waals surface area contributed by atoms with Gasteiger partial charge in [-0.3, -0.25) is 24.1 Å². The molecule has 1 atom stereocenters. The molecule has 1 aliphatic rings. The Bertz CT molecular complexity index is 1050. The summed E-state index contributed by atoms with van der Waals surface area (Å²) in [6, 6.07) is 3.92. The summed E-state index contributed by atoms with van der Waals surface area (Å²) in [5.41, 5.74) is -0.195. The van der Waals surface area contributed by atoms with Crippen molar-refractivity contribution in [2.24, 2.45) is 10.8 Å². The molecule has 204 valence electrons. The van der Waals surface area contributed by atoms with Gasteiger partial charge in [-0.1, -0.05) is 33.8 Å². The fraction of sp³-hybridized carbons (Fsp3) is 0.607. The number of benzene rings is 1. The second-order valence-corrected chi connectivity index (χ2v) is 12.2. The van der Waals surface area contributed by atoms with Crippen LogP contribution in [0.5, 0.6) is 0 Å². The Kier molecular flexibility index (Phi) is 9.27. The first-order valence-corrected chi connectivity index (χ1v) is 12.6. The quantitative estimate of drug-likeness (QED) is 0.245. The first kappa shape index (κ1) is 30.0. The van der Waals surface area contributed by atoms with Crippen molar-refractivity contribution >= 4 is 35.7 Å².